The summed E-state index contributed by atoms with van der Waals surface area (Å²) in [6.45, 7) is 7.92. The summed E-state index contributed by atoms with van der Waals surface area (Å²) in [7, 11) is -1.46. The molecule has 0 saturated carbocycles. The highest BCUT2D eigenvalue weighted by Gasteiger charge is 2.19. The first kappa shape index (κ1) is 21.7. The highest BCUT2D eigenvalue weighted by Crippen LogP contribution is 2.22. The van der Waals surface area contributed by atoms with E-state index in [2.05, 4.69) is 22.0 Å². The molecule has 0 aromatic heterocycles. The van der Waals surface area contributed by atoms with Crippen molar-refractivity contribution < 1.29 is 17.9 Å². The second-order valence-electron chi connectivity index (χ2n) is 7.61. The molecule has 1 aliphatic heterocycles. The normalized spacial score (nSPS) is 16.5. The Morgan fingerprint density at radius 3 is 2.56 bits per heavy atom. The van der Waals surface area contributed by atoms with Crippen LogP contribution < -0.4 is 14.8 Å². The number of nitrogens with zero attached hydrogens (tertiary/aromatic N) is 1. The van der Waals surface area contributed by atoms with Crippen molar-refractivity contribution >= 4 is 15.9 Å². The van der Waals surface area contributed by atoms with Gasteiger partial charge in [0.1, 0.15) is 5.75 Å². The number of carbonyl (C=O) groups excluding carboxylic acids is 1. The van der Waals surface area contributed by atoms with E-state index in [9.17, 15) is 13.2 Å². The van der Waals surface area contributed by atoms with E-state index in [4.69, 9.17) is 4.74 Å². The zero-order valence-electron chi connectivity index (χ0n) is 16.6. The number of piperidine rings is 1. The zero-order chi connectivity index (χ0) is 20.0. The fraction of sp³-hybridized carbons (Fsp3) is 0.632. The number of likely N-dealkylation sites (tertiary alicyclic amines) is 1. The van der Waals surface area contributed by atoms with Gasteiger partial charge < -0.3 is 15.0 Å². The van der Waals surface area contributed by atoms with Crippen molar-refractivity contribution in [3.05, 3.63) is 23.8 Å². The van der Waals surface area contributed by atoms with Gasteiger partial charge in [-0.05, 0) is 69.6 Å². The Kier molecular flexibility index (Phi) is 7.64. The molecular formula is C19H31N3O4S. The maximum atomic E-state index is 12.3. The molecule has 0 unspecified atom stereocenters. The standard InChI is InChI=1S/C19H31N3O4S/c1-14(2)12-20-27(24,25)17-5-6-18(15(3)11-17)26-13-19(23)21-16-7-9-22(4)10-8-16/h5-6,11,14,16,20H,7-10,12-13H2,1-4H3,(H,21,23). The highest BCUT2D eigenvalue weighted by molar-refractivity contribution is 7.89. The quantitative estimate of drug-likeness (QED) is 0.694. The van der Waals surface area contributed by atoms with E-state index in [1.54, 1.807) is 19.1 Å². The Balaban J connectivity index is 1.89. The predicted octanol–water partition coefficient (Wildman–Crippen LogP) is 1.52. The number of sulfonamides is 1. The number of carbonyl (C=O) groups is 1. The third-order valence-corrected chi connectivity index (χ3v) is 6.00. The fourth-order valence-electron chi connectivity index (χ4n) is 2.88. The summed E-state index contributed by atoms with van der Waals surface area (Å²) in [5.41, 5.74) is 0.675. The van der Waals surface area contributed by atoms with Gasteiger partial charge in [-0.25, -0.2) is 13.1 Å². The monoisotopic (exact) mass is 397 g/mol. The molecule has 1 fully saturated rings. The van der Waals surface area contributed by atoms with Crippen molar-refractivity contribution in [2.75, 3.05) is 33.3 Å². The van der Waals surface area contributed by atoms with E-state index in [-0.39, 0.29) is 29.4 Å². The third-order valence-electron chi connectivity index (χ3n) is 4.58. The molecule has 2 N–H and O–H groups in total. The van der Waals surface area contributed by atoms with Crippen molar-refractivity contribution in [1.82, 2.24) is 14.9 Å². The molecule has 0 atom stereocenters. The summed E-state index contributed by atoms with van der Waals surface area (Å²) < 4.78 is 32.8. The number of amides is 1. The van der Waals surface area contributed by atoms with Crippen LogP contribution in [0.25, 0.3) is 0 Å². The van der Waals surface area contributed by atoms with Crippen LogP contribution in [0.15, 0.2) is 23.1 Å². The van der Waals surface area contributed by atoms with E-state index >= 15 is 0 Å². The van der Waals surface area contributed by atoms with Gasteiger partial charge in [0.25, 0.3) is 5.91 Å². The first-order valence-electron chi connectivity index (χ1n) is 9.38. The van der Waals surface area contributed by atoms with E-state index in [1.807, 2.05) is 13.8 Å². The average molecular weight is 398 g/mol. The molecule has 1 aromatic carbocycles. The Morgan fingerprint density at radius 1 is 1.30 bits per heavy atom. The van der Waals surface area contributed by atoms with Gasteiger partial charge >= 0.3 is 0 Å². The Morgan fingerprint density at radius 2 is 1.96 bits per heavy atom. The second-order valence-corrected chi connectivity index (χ2v) is 9.37. The summed E-state index contributed by atoms with van der Waals surface area (Å²) in [5, 5.41) is 3.00. The average Bonchev–Trinajstić information content (AvgIpc) is 2.61. The SMILES string of the molecule is Cc1cc(S(=O)(=O)NCC(C)C)ccc1OCC(=O)NC1CCN(C)CC1. The van der Waals surface area contributed by atoms with E-state index in [1.165, 1.54) is 6.07 Å². The number of ether oxygens (including phenoxy) is 1. The Labute approximate surface area is 162 Å². The minimum absolute atomic E-state index is 0.0785. The summed E-state index contributed by atoms with van der Waals surface area (Å²) in [5.74, 6) is 0.585. The lowest BCUT2D eigenvalue weighted by Crippen LogP contribution is -2.44. The lowest BCUT2D eigenvalue weighted by atomic mass is 10.1. The lowest BCUT2D eigenvalue weighted by molar-refractivity contribution is -0.124. The maximum Gasteiger partial charge on any atom is 0.258 e. The Bertz CT molecular complexity index is 741. The van der Waals surface area contributed by atoms with E-state index < -0.39 is 10.0 Å². The van der Waals surface area contributed by atoms with Crippen LogP contribution in [0.3, 0.4) is 0 Å². The van der Waals surface area contributed by atoms with E-state index in [0.717, 1.165) is 25.9 Å². The molecule has 0 radical (unpaired) electrons. The molecule has 152 valence electrons. The van der Waals surface area contributed by atoms with Crippen LogP contribution in [-0.4, -0.2) is 58.6 Å². The second kappa shape index (κ2) is 9.52. The molecular weight excluding hydrogens is 366 g/mol. The maximum absolute atomic E-state index is 12.3. The summed E-state index contributed by atoms with van der Waals surface area (Å²) in [6, 6.07) is 4.85. The van der Waals surface area contributed by atoms with Gasteiger partial charge in [-0.3, -0.25) is 4.79 Å². The summed E-state index contributed by atoms with van der Waals surface area (Å²) in [4.78, 5) is 14.5. The molecule has 1 heterocycles. The van der Waals surface area contributed by atoms with Crippen LogP contribution in [-0.2, 0) is 14.8 Å². The number of aryl methyl sites for hydroxylation is 1. The van der Waals surface area contributed by atoms with Crippen molar-refractivity contribution in [1.29, 1.82) is 0 Å². The smallest absolute Gasteiger partial charge is 0.258 e. The van der Waals surface area contributed by atoms with Gasteiger partial charge in [0, 0.05) is 12.6 Å². The lowest BCUT2D eigenvalue weighted by Gasteiger charge is -2.29. The third kappa shape index (κ3) is 6.79. The fourth-order valence-corrected chi connectivity index (χ4v) is 4.17. The molecule has 1 amide bonds. The molecule has 0 aliphatic carbocycles. The first-order chi connectivity index (χ1) is 12.7. The summed E-state index contributed by atoms with van der Waals surface area (Å²) >= 11 is 0. The molecule has 1 aliphatic rings. The number of hydrogen-bond acceptors (Lipinski definition) is 5. The predicted molar refractivity (Wildman–Crippen MR) is 105 cm³/mol. The number of nitrogens with one attached hydrogen (secondary N) is 2. The topological polar surface area (TPSA) is 87.7 Å². The minimum atomic E-state index is -3.54. The van der Waals surface area contributed by atoms with Crippen molar-refractivity contribution in [3.63, 3.8) is 0 Å². The zero-order valence-corrected chi connectivity index (χ0v) is 17.4. The van der Waals surface area contributed by atoms with Crippen molar-refractivity contribution in [2.24, 2.45) is 5.92 Å². The van der Waals surface area contributed by atoms with Crippen LogP contribution >= 0.6 is 0 Å². The van der Waals surface area contributed by atoms with Crippen molar-refractivity contribution in [2.45, 2.75) is 44.6 Å². The molecule has 27 heavy (non-hydrogen) atoms. The van der Waals surface area contributed by atoms with Crippen LogP contribution in [0.2, 0.25) is 0 Å². The molecule has 2 rings (SSSR count). The molecule has 0 spiro atoms. The minimum Gasteiger partial charge on any atom is -0.484 e. The van der Waals surface area contributed by atoms with Gasteiger partial charge in [0.2, 0.25) is 10.0 Å². The highest BCUT2D eigenvalue weighted by atomic mass is 32.2. The van der Waals surface area contributed by atoms with Gasteiger partial charge in [-0.2, -0.15) is 0 Å². The number of hydrogen-bond donors (Lipinski definition) is 2. The first-order valence-corrected chi connectivity index (χ1v) is 10.9. The molecule has 7 nitrogen and oxygen atoms in total. The van der Waals surface area contributed by atoms with Gasteiger partial charge in [-0.1, -0.05) is 13.8 Å². The largest absolute Gasteiger partial charge is 0.484 e. The Hall–Kier alpha value is -1.64. The van der Waals surface area contributed by atoms with Crippen LogP contribution in [0.1, 0.15) is 32.3 Å². The molecule has 1 aromatic rings. The van der Waals surface area contributed by atoms with Gasteiger partial charge in [0.05, 0.1) is 4.90 Å². The van der Waals surface area contributed by atoms with Crippen LogP contribution in [0.4, 0.5) is 0 Å². The van der Waals surface area contributed by atoms with Crippen LogP contribution in [0.5, 0.6) is 5.75 Å². The van der Waals surface area contributed by atoms with E-state index in [0.29, 0.717) is 17.9 Å². The number of rotatable bonds is 8. The molecule has 1 saturated heterocycles. The number of benzene rings is 1. The summed E-state index contributed by atoms with van der Waals surface area (Å²) in [6.07, 6.45) is 1.88. The molecule has 0 bridgehead atoms. The van der Waals surface area contributed by atoms with Gasteiger partial charge in [-0.15, -0.1) is 0 Å². The van der Waals surface area contributed by atoms with Gasteiger partial charge in [0.15, 0.2) is 6.61 Å². The van der Waals surface area contributed by atoms with Crippen molar-refractivity contribution in [3.8, 4) is 5.75 Å². The molecule has 8 heteroatoms. The van der Waals surface area contributed by atoms with Crippen LogP contribution in [0, 0.1) is 12.8 Å².